The van der Waals surface area contributed by atoms with E-state index in [1.807, 2.05) is 0 Å². The van der Waals surface area contributed by atoms with Crippen LogP contribution in [0.1, 0.15) is 23.2 Å². The molecule has 0 aliphatic carbocycles. The molecule has 0 atom stereocenters. The number of halogens is 1. The highest BCUT2D eigenvalue weighted by Gasteiger charge is 2.16. The van der Waals surface area contributed by atoms with Crippen molar-refractivity contribution in [2.75, 3.05) is 7.11 Å². The molecule has 0 saturated heterocycles. The van der Waals surface area contributed by atoms with Crippen LogP contribution >= 0.6 is 23.8 Å². The molecule has 134 valence electrons. The second kappa shape index (κ2) is 9.49. The number of carbonyl (C=O) groups is 3. The van der Waals surface area contributed by atoms with Gasteiger partial charge in [0.2, 0.25) is 5.91 Å². The number of nitro benzene ring substituents is 1. The zero-order chi connectivity index (χ0) is 19.0. The fraction of sp³-hybridized carbons (Fsp3) is 0.231. The lowest BCUT2D eigenvalue weighted by atomic mass is 10.2. The van der Waals surface area contributed by atoms with Crippen LogP contribution in [-0.4, -0.2) is 34.9 Å². The topological polar surface area (TPSA) is 140 Å². The molecule has 1 aromatic carbocycles. The predicted octanol–water partition coefficient (Wildman–Crippen LogP) is 0.837. The summed E-state index contributed by atoms with van der Waals surface area (Å²) in [5.41, 5.74) is 3.96. The van der Waals surface area contributed by atoms with Crippen molar-refractivity contribution in [3.63, 3.8) is 0 Å². The van der Waals surface area contributed by atoms with Gasteiger partial charge in [0.15, 0.2) is 5.11 Å². The molecule has 0 unspecified atom stereocenters. The molecule has 0 aliphatic heterocycles. The van der Waals surface area contributed by atoms with Crippen LogP contribution in [-0.2, 0) is 14.3 Å². The van der Waals surface area contributed by atoms with Gasteiger partial charge < -0.3 is 10.1 Å². The van der Waals surface area contributed by atoms with E-state index in [1.165, 1.54) is 19.2 Å². The second-order valence-corrected chi connectivity index (χ2v) is 5.27. The van der Waals surface area contributed by atoms with Crippen molar-refractivity contribution >= 4 is 52.4 Å². The number of nitro groups is 1. The van der Waals surface area contributed by atoms with E-state index in [0.29, 0.717) is 0 Å². The summed E-state index contributed by atoms with van der Waals surface area (Å²) < 4.78 is 4.39. The van der Waals surface area contributed by atoms with E-state index < -0.39 is 28.4 Å². The summed E-state index contributed by atoms with van der Waals surface area (Å²) in [6.45, 7) is 0. The Bertz CT molecular complexity index is 726. The normalized spacial score (nSPS) is 9.68. The highest BCUT2D eigenvalue weighted by molar-refractivity contribution is 7.80. The van der Waals surface area contributed by atoms with E-state index in [9.17, 15) is 24.5 Å². The Labute approximate surface area is 152 Å². The van der Waals surface area contributed by atoms with Gasteiger partial charge in [0.1, 0.15) is 5.02 Å². The van der Waals surface area contributed by atoms with Gasteiger partial charge in [-0.25, -0.2) is 0 Å². The number of hydrazine groups is 1. The van der Waals surface area contributed by atoms with Gasteiger partial charge in [-0.05, 0) is 24.4 Å². The van der Waals surface area contributed by atoms with Crippen molar-refractivity contribution in [1.29, 1.82) is 0 Å². The lowest BCUT2D eigenvalue weighted by Crippen LogP contribution is -2.48. The summed E-state index contributed by atoms with van der Waals surface area (Å²) in [5, 5.41) is 12.7. The number of nitrogens with zero attached hydrogens (tertiary/aromatic N) is 1. The number of benzene rings is 1. The standard InChI is InChI=1S/C13H13ClN4O6S/c1-24-11(20)5-4-10(19)15-13(25)17-16-12(21)7-2-3-8(14)9(6-7)18(22)23/h2-3,6H,4-5H2,1H3,(H,16,21)(H2,15,17,19,25). The summed E-state index contributed by atoms with van der Waals surface area (Å²) in [7, 11) is 1.20. The van der Waals surface area contributed by atoms with Crippen LogP contribution in [0.4, 0.5) is 5.69 Å². The van der Waals surface area contributed by atoms with Crippen LogP contribution in [0.2, 0.25) is 5.02 Å². The first-order chi connectivity index (χ1) is 11.7. The summed E-state index contributed by atoms with van der Waals surface area (Å²) in [4.78, 5) is 44.4. The Morgan fingerprint density at radius 1 is 1.28 bits per heavy atom. The number of hydrogen-bond acceptors (Lipinski definition) is 7. The fourth-order valence-corrected chi connectivity index (χ4v) is 1.87. The van der Waals surface area contributed by atoms with Crippen LogP contribution in [0.25, 0.3) is 0 Å². The number of hydrogen-bond donors (Lipinski definition) is 3. The van der Waals surface area contributed by atoms with E-state index in [4.69, 9.17) is 23.8 Å². The third-order valence-corrected chi connectivity index (χ3v) is 3.26. The molecule has 0 radical (unpaired) electrons. The number of methoxy groups -OCH3 is 1. The van der Waals surface area contributed by atoms with Gasteiger partial charge in [0.05, 0.1) is 18.5 Å². The molecule has 10 nitrogen and oxygen atoms in total. The number of carbonyl (C=O) groups excluding carboxylic acids is 3. The molecule has 3 N–H and O–H groups in total. The Kier molecular flexibility index (Phi) is 7.69. The molecule has 1 rings (SSSR count). The molecule has 0 fully saturated rings. The first-order valence-electron chi connectivity index (χ1n) is 6.65. The van der Waals surface area contributed by atoms with Crippen LogP contribution < -0.4 is 16.2 Å². The number of rotatable bonds is 5. The van der Waals surface area contributed by atoms with Crippen LogP contribution in [0.3, 0.4) is 0 Å². The van der Waals surface area contributed by atoms with Gasteiger partial charge in [-0.2, -0.15) is 0 Å². The molecular formula is C13H13ClN4O6S. The first-order valence-corrected chi connectivity index (χ1v) is 7.44. The lowest BCUT2D eigenvalue weighted by molar-refractivity contribution is -0.384. The molecule has 0 aliphatic rings. The van der Waals surface area contributed by atoms with Crippen molar-refractivity contribution in [1.82, 2.24) is 16.2 Å². The predicted molar refractivity (Wildman–Crippen MR) is 90.7 cm³/mol. The number of esters is 1. The Hall–Kier alpha value is -2.79. The Morgan fingerprint density at radius 3 is 2.56 bits per heavy atom. The summed E-state index contributed by atoms with van der Waals surface area (Å²) in [5.74, 6) is -1.84. The van der Waals surface area contributed by atoms with Crippen molar-refractivity contribution < 1.29 is 24.0 Å². The van der Waals surface area contributed by atoms with Crippen molar-refractivity contribution in [3.8, 4) is 0 Å². The molecule has 12 heteroatoms. The third kappa shape index (κ3) is 6.69. The van der Waals surface area contributed by atoms with E-state index in [0.717, 1.165) is 6.07 Å². The SMILES string of the molecule is COC(=O)CCC(=O)NC(=S)NNC(=O)c1ccc(Cl)c([N+](=O)[O-])c1. The number of nitrogens with one attached hydrogen (secondary N) is 3. The highest BCUT2D eigenvalue weighted by Crippen LogP contribution is 2.24. The van der Waals surface area contributed by atoms with Crippen LogP contribution in [0.5, 0.6) is 0 Å². The molecule has 0 spiro atoms. The van der Waals surface area contributed by atoms with E-state index in [1.54, 1.807) is 0 Å². The second-order valence-electron chi connectivity index (χ2n) is 4.46. The van der Waals surface area contributed by atoms with Gasteiger partial charge in [0, 0.05) is 18.1 Å². The van der Waals surface area contributed by atoms with Gasteiger partial charge in [-0.1, -0.05) is 11.6 Å². The average molecular weight is 389 g/mol. The smallest absolute Gasteiger partial charge is 0.306 e. The summed E-state index contributed by atoms with van der Waals surface area (Å²) in [6.07, 6.45) is -0.266. The summed E-state index contributed by atoms with van der Waals surface area (Å²) in [6, 6.07) is 3.49. The number of ether oxygens (including phenoxy) is 1. The van der Waals surface area contributed by atoms with Crippen LogP contribution in [0, 0.1) is 10.1 Å². The Morgan fingerprint density at radius 2 is 1.96 bits per heavy atom. The van der Waals surface area contributed by atoms with Crippen molar-refractivity contribution in [2.24, 2.45) is 0 Å². The molecule has 0 heterocycles. The minimum atomic E-state index is -0.731. The monoisotopic (exact) mass is 388 g/mol. The van der Waals surface area contributed by atoms with Gasteiger partial charge in [0.25, 0.3) is 11.6 Å². The van der Waals surface area contributed by atoms with Crippen LogP contribution in [0.15, 0.2) is 18.2 Å². The molecule has 2 amide bonds. The molecule has 1 aromatic rings. The maximum absolute atomic E-state index is 11.9. The van der Waals surface area contributed by atoms with E-state index in [-0.39, 0.29) is 28.5 Å². The van der Waals surface area contributed by atoms with Gasteiger partial charge in [-0.3, -0.25) is 35.3 Å². The minimum Gasteiger partial charge on any atom is -0.469 e. The van der Waals surface area contributed by atoms with Crippen molar-refractivity contribution in [2.45, 2.75) is 12.8 Å². The third-order valence-electron chi connectivity index (χ3n) is 2.73. The quantitative estimate of drug-likeness (QED) is 0.292. The van der Waals surface area contributed by atoms with Gasteiger partial charge in [-0.15, -0.1) is 0 Å². The first kappa shape index (κ1) is 20.3. The van der Waals surface area contributed by atoms with E-state index in [2.05, 4.69) is 20.9 Å². The Balaban J connectivity index is 2.52. The maximum atomic E-state index is 11.9. The number of thiocarbonyl (C=S) groups is 1. The lowest BCUT2D eigenvalue weighted by Gasteiger charge is -2.10. The molecule has 0 saturated carbocycles. The zero-order valence-electron chi connectivity index (χ0n) is 12.8. The minimum absolute atomic E-state index is 0.0385. The largest absolute Gasteiger partial charge is 0.469 e. The molecule has 0 bridgehead atoms. The molecule has 0 aromatic heterocycles. The maximum Gasteiger partial charge on any atom is 0.306 e. The fourth-order valence-electron chi connectivity index (χ4n) is 1.52. The van der Waals surface area contributed by atoms with Crippen molar-refractivity contribution in [3.05, 3.63) is 38.9 Å². The van der Waals surface area contributed by atoms with Gasteiger partial charge >= 0.3 is 5.97 Å². The highest BCUT2D eigenvalue weighted by atomic mass is 35.5. The summed E-state index contributed by atoms with van der Waals surface area (Å²) >= 11 is 10.4. The van der Waals surface area contributed by atoms with E-state index >= 15 is 0 Å². The molecule has 25 heavy (non-hydrogen) atoms. The average Bonchev–Trinajstić information content (AvgIpc) is 2.57. The zero-order valence-corrected chi connectivity index (χ0v) is 14.4. The molecular weight excluding hydrogens is 376 g/mol. The number of amides is 2.